The van der Waals surface area contributed by atoms with Crippen LogP contribution in [-0.4, -0.2) is 0 Å². The van der Waals surface area contributed by atoms with Crippen molar-refractivity contribution in [3.63, 3.8) is 0 Å². The van der Waals surface area contributed by atoms with E-state index in [4.69, 9.17) is 0 Å². The number of rotatable bonds is 3. The summed E-state index contributed by atoms with van der Waals surface area (Å²) in [5, 5.41) is 0. The molecule has 94 valence electrons. The van der Waals surface area contributed by atoms with Crippen molar-refractivity contribution in [2.45, 2.75) is 27.2 Å². The van der Waals surface area contributed by atoms with Crippen LogP contribution >= 0.6 is 0 Å². The molecule has 1 aromatic rings. The molecule has 0 radical (unpaired) electrons. The van der Waals surface area contributed by atoms with Crippen LogP contribution < -0.4 is 0 Å². The Morgan fingerprint density at radius 3 is 2.50 bits per heavy atom. The highest BCUT2D eigenvalue weighted by Gasteiger charge is 2.14. The molecule has 0 saturated carbocycles. The standard InChI is InChI=1S/C18H22/c1-4-5-6-16-11-12-18(13-15(16)3)17-9-7-14(2)8-10-17/h5-13,15-16H,4H2,1-3H3/b6-5-. The van der Waals surface area contributed by atoms with Gasteiger partial charge in [0, 0.05) is 5.92 Å². The quantitative estimate of drug-likeness (QED) is 0.637. The van der Waals surface area contributed by atoms with Crippen LogP contribution in [0.25, 0.3) is 5.57 Å². The summed E-state index contributed by atoms with van der Waals surface area (Å²) in [5.74, 6) is 1.13. The van der Waals surface area contributed by atoms with Gasteiger partial charge in [0.1, 0.15) is 0 Å². The first-order valence-electron chi connectivity index (χ1n) is 6.84. The minimum Gasteiger partial charge on any atom is -0.0882 e. The number of aryl methyl sites for hydroxylation is 1. The van der Waals surface area contributed by atoms with Crippen molar-refractivity contribution < 1.29 is 0 Å². The zero-order chi connectivity index (χ0) is 13.0. The average Bonchev–Trinajstić information content (AvgIpc) is 2.38. The predicted molar refractivity (Wildman–Crippen MR) is 80.4 cm³/mol. The normalized spacial score (nSPS) is 23.4. The van der Waals surface area contributed by atoms with E-state index in [1.165, 1.54) is 16.7 Å². The lowest BCUT2D eigenvalue weighted by atomic mass is 9.85. The van der Waals surface area contributed by atoms with Crippen molar-refractivity contribution in [2.24, 2.45) is 11.8 Å². The monoisotopic (exact) mass is 238 g/mol. The Balaban J connectivity index is 2.16. The second kappa shape index (κ2) is 5.86. The lowest BCUT2D eigenvalue weighted by Crippen LogP contribution is -2.08. The summed E-state index contributed by atoms with van der Waals surface area (Å²) in [6.07, 6.45) is 12.7. The van der Waals surface area contributed by atoms with Crippen LogP contribution in [0.3, 0.4) is 0 Å². The third kappa shape index (κ3) is 3.01. The zero-order valence-electron chi connectivity index (χ0n) is 11.6. The first kappa shape index (κ1) is 12.9. The van der Waals surface area contributed by atoms with E-state index in [1.54, 1.807) is 0 Å². The minimum absolute atomic E-state index is 0.555. The van der Waals surface area contributed by atoms with Gasteiger partial charge in [-0.05, 0) is 30.4 Å². The molecule has 0 bridgehead atoms. The van der Waals surface area contributed by atoms with Crippen molar-refractivity contribution in [2.75, 3.05) is 0 Å². The van der Waals surface area contributed by atoms with Gasteiger partial charge in [-0.2, -0.15) is 0 Å². The molecule has 1 aliphatic rings. The van der Waals surface area contributed by atoms with Gasteiger partial charge in [0.15, 0.2) is 0 Å². The van der Waals surface area contributed by atoms with Crippen molar-refractivity contribution >= 4 is 5.57 Å². The Morgan fingerprint density at radius 2 is 1.89 bits per heavy atom. The summed E-state index contributed by atoms with van der Waals surface area (Å²) in [6.45, 7) is 6.60. The summed E-state index contributed by atoms with van der Waals surface area (Å²) in [7, 11) is 0. The number of hydrogen-bond acceptors (Lipinski definition) is 0. The minimum atomic E-state index is 0.555. The van der Waals surface area contributed by atoms with Gasteiger partial charge in [0.25, 0.3) is 0 Å². The Hall–Kier alpha value is -1.56. The SMILES string of the molecule is CC/C=C\C1C=CC(c2ccc(C)cc2)=CC1C. The molecule has 0 fully saturated rings. The van der Waals surface area contributed by atoms with Crippen molar-refractivity contribution in [1.82, 2.24) is 0 Å². The number of hydrogen-bond donors (Lipinski definition) is 0. The van der Waals surface area contributed by atoms with Crippen LogP contribution in [0.4, 0.5) is 0 Å². The van der Waals surface area contributed by atoms with Crippen molar-refractivity contribution in [3.05, 3.63) is 65.8 Å². The highest BCUT2D eigenvalue weighted by molar-refractivity contribution is 5.75. The molecule has 1 aliphatic carbocycles. The molecule has 0 amide bonds. The van der Waals surface area contributed by atoms with Crippen LogP contribution in [0.5, 0.6) is 0 Å². The van der Waals surface area contributed by atoms with Gasteiger partial charge in [-0.15, -0.1) is 0 Å². The van der Waals surface area contributed by atoms with Gasteiger partial charge in [-0.25, -0.2) is 0 Å². The van der Waals surface area contributed by atoms with Gasteiger partial charge < -0.3 is 0 Å². The average molecular weight is 238 g/mol. The molecule has 2 atom stereocenters. The molecule has 0 heterocycles. The topological polar surface area (TPSA) is 0 Å². The van der Waals surface area contributed by atoms with E-state index in [1.807, 2.05) is 0 Å². The molecule has 0 spiro atoms. The molecule has 0 saturated heterocycles. The molecule has 0 nitrogen and oxygen atoms in total. The summed E-state index contributed by atoms with van der Waals surface area (Å²) in [6, 6.07) is 8.77. The third-order valence-electron chi connectivity index (χ3n) is 3.53. The summed E-state index contributed by atoms with van der Waals surface area (Å²) >= 11 is 0. The summed E-state index contributed by atoms with van der Waals surface area (Å²) in [5.41, 5.74) is 3.99. The highest BCUT2D eigenvalue weighted by atomic mass is 14.2. The van der Waals surface area contributed by atoms with Crippen molar-refractivity contribution in [3.8, 4) is 0 Å². The number of allylic oxidation sites excluding steroid dienone is 6. The van der Waals surface area contributed by atoms with Gasteiger partial charge >= 0.3 is 0 Å². The highest BCUT2D eigenvalue weighted by Crippen LogP contribution is 2.29. The molecule has 0 aromatic heterocycles. The molecule has 18 heavy (non-hydrogen) atoms. The fourth-order valence-corrected chi connectivity index (χ4v) is 2.31. The van der Waals surface area contributed by atoms with Crippen molar-refractivity contribution in [1.29, 1.82) is 0 Å². The Labute approximate surface area is 111 Å². The van der Waals surface area contributed by atoms with Crippen LogP contribution in [0.15, 0.2) is 54.6 Å². The molecule has 2 rings (SSSR count). The van der Waals surface area contributed by atoms with Gasteiger partial charge in [-0.3, -0.25) is 0 Å². The van der Waals surface area contributed by atoms with E-state index in [-0.39, 0.29) is 0 Å². The molecule has 2 unspecified atom stereocenters. The molecule has 0 heteroatoms. The van der Waals surface area contributed by atoms with Gasteiger partial charge in [-0.1, -0.05) is 74.1 Å². The van der Waals surface area contributed by atoms with Crippen LogP contribution in [0, 0.1) is 18.8 Å². The molecule has 1 aromatic carbocycles. The summed E-state index contributed by atoms with van der Waals surface area (Å²) < 4.78 is 0. The Kier molecular flexibility index (Phi) is 4.19. The maximum absolute atomic E-state index is 2.38. The van der Waals surface area contributed by atoms with Gasteiger partial charge in [0.2, 0.25) is 0 Å². The van der Waals surface area contributed by atoms with E-state index < -0.39 is 0 Å². The van der Waals surface area contributed by atoms with Crippen LogP contribution in [-0.2, 0) is 0 Å². The van der Waals surface area contributed by atoms with Crippen LogP contribution in [0.1, 0.15) is 31.4 Å². The first-order valence-corrected chi connectivity index (χ1v) is 6.84. The zero-order valence-corrected chi connectivity index (χ0v) is 11.6. The second-order valence-corrected chi connectivity index (χ2v) is 5.12. The molecule has 0 aliphatic heterocycles. The lowest BCUT2D eigenvalue weighted by Gasteiger charge is -2.20. The summed E-state index contributed by atoms with van der Waals surface area (Å²) in [4.78, 5) is 0. The second-order valence-electron chi connectivity index (χ2n) is 5.12. The van der Waals surface area contributed by atoms with E-state index in [0.29, 0.717) is 11.8 Å². The fourth-order valence-electron chi connectivity index (χ4n) is 2.31. The molecular formula is C18H22. The number of benzene rings is 1. The smallest absolute Gasteiger partial charge is 0.00104 e. The Bertz CT molecular complexity index is 471. The predicted octanol–water partition coefficient (Wildman–Crippen LogP) is 5.17. The van der Waals surface area contributed by atoms with E-state index in [2.05, 4.69) is 75.4 Å². The largest absolute Gasteiger partial charge is 0.0882 e. The lowest BCUT2D eigenvalue weighted by molar-refractivity contribution is 0.606. The fraction of sp³-hybridized carbons (Fsp3) is 0.333. The molecule has 0 N–H and O–H groups in total. The maximum Gasteiger partial charge on any atom is 0.00104 e. The third-order valence-corrected chi connectivity index (χ3v) is 3.53. The maximum atomic E-state index is 2.38. The van der Waals surface area contributed by atoms with Crippen LogP contribution in [0.2, 0.25) is 0 Å². The van der Waals surface area contributed by atoms with E-state index >= 15 is 0 Å². The Morgan fingerprint density at radius 1 is 1.17 bits per heavy atom. The van der Waals surface area contributed by atoms with E-state index in [9.17, 15) is 0 Å². The molecular weight excluding hydrogens is 216 g/mol. The van der Waals surface area contributed by atoms with E-state index in [0.717, 1.165) is 6.42 Å². The first-order chi connectivity index (χ1) is 8.70. The van der Waals surface area contributed by atoms with Gasteiger partial charge in [0.05, 0.1) is 0 Å².